The van der Waals surface area contributed by atoms with Crippen LogP contribution in [0.1, 0.15) is 0 Å². The summed E-state index contributed by atoms with van der Waals surface area (Å²) in [6, 6.07) is 7.17. The maximum Gasteiger partial charge on any atom is 0.263 e. The van der Waals surface area contributed by atoms with Gasteiger partial charge in [-0.25, -0.2) is 16.8 Å². The van der Waals surface area contributed by atoms with E-state index in [1.807, 2.05) is 0 Å². The van der Waals surface area contributed by atoms with Crippen molar-refractivity contribution in [3.05, 3.63) is 47.2 Å². The molecule has 0 unspecified atom stereocenters. The third-order valence-electron chi connectivity index (χ3n) is 2.52. The van der Waals surface area contributed by atoms with E-state index in [9.17, 15) is 16.8 Å². The zero-order valence-electron chi connectivity index (χ0n) is 10.8. The molecule has 0 aliphatic carbocycles. The second-order valence-corrected chi connectivity index (χ2v) is 8.79. The Labute approximate surface area is 131 Å². The van der Waals surface area contributed by atoms with Crippen LogP contribution >= 0.6 is 15.9 Å². The Hall–Kier alpha value is -1.45. The Morgan fingerprint density at radius 3 is 2.38 bits per heavy atom. The van der Waals surface area contributed by atoms with Crippen molar-refractivity contribution in [1.29, 1.82) is 0 Å². The number of pyridine rings is 1. The van der Waals surface area contributed by atoms with E-state index in [1.54, 1.807) is 6.07 Å². The van der Waals surface area contributed by atoms with Crippen molar-refractivity contribution in [2.45, 2.75) is 9.79 Å². The van der Waals surface area contributed by atoms with Crippen LogP contribution in [-0.4, -0.2) is 28.1 Å². The molecular formula is C12H11BrN2O4S2. The van der Waals surface area contributed by atoms with E-state index in [0.29, 0.717) is 4.47 Å². The highest BCUT2D eigenvalue weighted by Crippen LogP contribution is 2.24. The number of nitrogens with zero attached hydrogens (tertiary/aromatic N) is 1. The minimum absolute atomic E-state index is 0.0000227. The summed E-state index contributed by atoms with van der Waals surface area (Å²) in [6.07, 6.45) is 3.64. The standard InChI is InChI=1S/C12H11BrN2O4S2/c1-20(16,17)12-5-3-2-4-11(12)15-21(18,19)10-6-9(13)7-14-8-10/h2-8,15H,1H3. The molecule has 0 radical (unpaired) electrons. The fourth-order valence-electron chi connectivity index (χ4n) is 1.62. The molecule has 0 bridgehead atoms. The van der Waals surface area contributed by atoms with Gasteiger partial charge in [0, 0.05) is 23.1 Å². The van der Waals surface area contributed by atoms with Gasteiger partial charge in [-0.3, -0.25) is 9.71 Å². The SMILES string of the molecule is CS(=O)(=O)c1ccccc1NS(=O)(=O)c1cncc(Br)c1. The molecule has 6 nitrogen and oxygen atoms in total. The Morgan fingerprint density at radius 2 is 1.76 bits per heavy atom. The third kappa shape index (κ3) is 3.80. The second-order valence-electron chi connectivity index (χ2n) is 4.21. The van der Waals surface area contributed by atoms with Crippen LogP contribution < -0.4 is 4.72 Å². The lowest BCUT2D eigenvalue weighted by atomic mass is 10.3. The maximum atomic E-state index is 12.3. The molecule has 0 spiro atoms. The summed E-state index contributed by atoms with van der Waals surface area (Å²) in [6.45, 7) is 0. The summed E-state index contributed by atoms with van der Waals surface area (Å²) in [5.74, 6) is 0. The highest BCUT2D eigenvalue weighted by molar-refractivity contribution is 9.10. The molecule has 1 N–H and O–H groups in total. The van der Waals surface area contributed by atoms with Crippen molar-refractivity contribution in [3.63, 3.8) is 0 Å². The number of sulfonamides is 1. The third-order valence-corrected chi connectivity index (χ3v) is 5.44. The molecule has 9 heteroatoms. The number of anilines is 1. The van der Waals surface area contributed by atoms with Crippen LogP contribution in [0.15, 0.2) is 57.0 Å². The van der Waals surface area contributed by atoms with Crippen LogP contribution in [0.3, 0.4) is 0 Å². The first kappa shape index (κ1) is 15.9. The van der Waals surface area contributed by atoms with E-state index in [-0.39, 0.29) is 15.5 Å². The highest BCUT2D eigenvalue weighted by Gasteiger charge is 2.20. The number of halogens is 1. The van der Waals surface area contributed by atoms with Crippen LogP contribution in [0.2, 0.25) is 0 Å². The first-order valence-corrected chi connectivity index (χ1v) is 9.79. The Balaban J connectivity index is 2.48. The molecule has 0 saturated carbocycles. The molecule has 21 heavy (non-hydrogen) atoms. The van der Waals surface area contributed by atoms with Crippen LogP contribution in [0, 0.1) is 0 Å². The van der Waals surface area contributed by atoms with Gasteiger partial charge in [0.1, 0.15) is 4.90 Å². The molecule has 2 aromatic rings. The van der Waals surface area contributed by atoms with Crippen molar-refractivity contribution >= 4 is 41.5 Å². The predicted octanol–water partition coefficient (Wildman–Crippen LogP) is 2.05. The number of para-hydroxylation sites is 1. The Kier molecular flexibility index (Phi) is 4.35. The Morgan fingerprint density at radius 1 is 1.10 bits per heavy atom. The lowest BCUT2D eigenvalue weighted by molar-refractivity contribution is 0.600. The number of aromatic nitrogens is 1. The monoisotopic (exact) mass is 390 g/mol. The first-order chi connectivity index (χ1) is 9.70. The molecule has 0 saturated heterocycles. The van der Waals surface area contributed by atoms with Crippen molar-refractivity contribution in [1.82, 2.24) is 4.98 Å². The molecule has 0 aliphatic rings. The minimum Gasteiger partial charge on any atom is -0.278 e. The molecule has 0 atom stereocenters. The van der Waals surface area contributed by atoms with E-state index in [1.165, 1.54) is 36.7 Å². The van der Waals surface area contributed by atoms with Crippen molar-refractivity contribution < 1.29 is 16.8 Å². The molecule has 112 valence electrons. The molecule has 2 rings (SSSR count). The maximum absolute atomic E-state index is 12.3. The van der Waals surface area contributed by atoms with Gasteiger partial charge in [0.25, 0.3) is 10.0 Å². The van der Waals surface area contributed by atoms with Gasteiger partial charge in [0.05, 0.1) is 10.6 Å². The molecular weight excluding hydrogens is 380 g/mol. The molecule has 1 aromatic carbocycles. The summed E-state index contributed by atoms with van der Waals surface area (Å²) in [7, 11) is -7.47. The fraction of sp³-hybridized carbons (Fsp3) is 0.0833. The van der Waals surface area contributed by atoms with E-state index >= 15 is 0 Å². The number of hydrogen-bond donors (Lipinski definition) is 1. The number of rotatable bonds is 4. The van der Waals surface area contributed by atoms with Crippen LogP contribution in [0.5, 0.6) is 0 Å². The van der Waals surface area contributed by atoms with Gasteiger partial charge in [0.2, 0.25) is 0 Å². The average Bonchev–Trinajstić information content (AvgIpc) is 2.37. The molecule has 0 fully saturated rings. The number of hydrogen-bond acceptors (Lipinski definition) is 5. The lowest BCUT2D eigenvalue weighted by Crippen LogP contribution is -2.15. The zero-order chi connectivity index (χ0) is 15.7. The molecule has 1 aromatic heterocycles. The highest BCUT2D eigenvalue weighted by atomic mass is 79.9. The van der Waals surface area contributed by atoms with Gasteiger partial charge in [-0.15, -0.1) is 0 Å². The van der Waals surface area contributed by atoms with E-state index in [0.717, 1.165) is 6.26 Å². The van der Waals surface area contributed by atoms with Gasteiger partial charge in [-0.2, -0.15) is 0 Å². The van der Waals surface area contributed by atoms with Gasteiger partial charge in [-0.1, -0.05) is 12.1 Å². The summed E-state index contributed by atoms with van der Waals surface area (Å²) in [5, 5.41) is 0. The van der Waals surface area contributed by atoms with E-state index < -0.39 is 19.9 Å². The van der Waals surface area contributed by atoms with Crippen molar-refractivity contribution in [2.24, 2.45) is 0 Å². The summed E-state index contributed by atoms with van der Waals surface area (Å²) >= 11 is 3.14. The first-order valence-electron chi connectivity index (χ1n) is 5.62. The number of nitrogens with one attached hydrogen (secondary N) is 1. The average molecular weight is 391 g/mol. The largest absolute Gasteiger partial charge is 0.278 e. The predicted molar refractivity (Wildman–Crippen MR) is 82.3 cm³/mol. The van der Waals surface area contributed by atoms with Gasteiger partial charge < -0.3 is 0 Å². The van der Waals surface area contributed by atoms with Gasteiger partial charge >= 0.3 is 0 Å². The van der Waals surface area contributed by atoms with Crippen molar-refractivity contribution in [2.75, 3.05) is 11.0 Å². The minimum atomic E-state index is -3.93. The van der Waals surface area contributed by atoms with Gasteiger partial charge in [0.15, 0.2) is 9.84 Å². The Bertz CT molecular complexity index is 880. The second kappa shape index (κ2) is 5.74. The lowest BCUT2D eigenvalue weighted by Gasteiger charge is -2.11. The summed E-state index contributed by atoms with van der Waals surface area (Å²) < 4.78 is 50.7. The smallest absolute Gasteiger partial charge is 0.263 e. The molecule has 0 amide bonds. The topological polar surface area (TPSA) is 93.2 Å². The van der Waals surface area contributed by atoms with E-state index in [4.69, 9.17) is 0 Å². The van der Waals surface area contributed by atoms with Crippen LogP contribution in [0.4, 0.5) is 5.69 Å². The normalized spacial score (nSPS) is 12.1. The number of sulfone groups is 1. The molecule has 1 heterocycles. The van der Waals surface area contributed by atoms with Crippen LogP contribution in [0.25, 0.3) is 0 Å². The summed E-state index contributed by atoms with van der Waals surface area (Å²) in [5.41, 5.74) is -0.0000227. The quantitative estimate of drug-likeness (QED) is 0.861. The zero-order valence-corrected chi connectivity index (χ0v) is 14.0. The van der Waals surface area contributed by atoms with Gasteiger partial charge in [-0.05, 0) is 34.1 Å². The van der Waals surface area contributed by atoms with Crippen LogP contribution in [-0.2, 0) is 19.9 Å². The molecule has 0 aliphatic heterocycles. The summed E-state index contributed by atoms with van der Waals surface area (Å²) in [4.78, 5) is 3.62. The fourth-order valence-corrected chi connectivity index (χ4v) is 4.11. The van der Waals surface area contributed by atoms with E-state index in [2.05, 4.69) is 25.6 Å². The number of benzene rings is 1. The van der Waals surface area contributed by atoms with Crippen molar-refractivity contribution in [3.8, 4) is 0 Å².